The van der Waals surface area contributed by atoms with E-state index in [-0.39, 0.29) is 23.5 Å². The summed E-state index contributed by atoms with van der Waals surface area (Å²) in [5.74, 6) is -1.02. The second-order valence-corrected chi connectivity index (χ2v) is 5.85. The molecule has 6 heteroatoms. The summed E-state index contributed by atoms with van der Waals surface area (Å²) in [4.78, 5) is 28.5. The number of halogens is 1. The Kier molecular flexibility index (Phi) is 4.84. The highest BCUT2D eigenvalue weighted by Crippen LogP contribution is 2.18. The SMILES string of the molecule is O=C(NC1CCCC1)c1ccnc(C(=O)Nc2ccc(F)cc2)c1. The van der Waals surface area contributed by atoms with E-state index in [4.69, 9.17) is 0 Å². The lowest BCUT2D eigenvalue weighted by Crippen LogP contribution is -2.32. The van der Waals surface area contributed by atoms with Gasteiger partial charge in [0, 0.05) is 23.5 Å². The first-order valence-corrected chi connectivity index (χ1v) is 7.95. The fourth-order valence-corrected chi connectivity index (χ4v) is 2.76. The monoisotopic (exact) mass is 327 g/mol. The molecule has 0 aliphatic heterocycles. The van der Waals surface area contributed by atoms with Gasteiger partial charge in [-0.25, -0.2) is 4.39 Å². The number of hydrogen-bond donors (Lipinski definition) is 2. The van der Waals surface area contributed by atoms with Crippen LogP contribution in [0.2, 0.25) is 0 Å². The third kappa shape index (κ3) is 3.95. The maximum atomic E-state index is 12.9. The normalized spacial score (nSPS) is 14.4. The highest BCUT2D eigenvalue weighted by Gasteiger charge is 2.19. The first kappa shape index (κ1) is 16.1. The molecule has 1 saturated carbocycles. The zero-order chi connectivity index (χ0) is 16.9. The van der Waals surface area contributed by atoms with Crippen LogP contribution in [0.3, 0.4) is 0 Å². The van der Waals surface area contributed by atoms with Gasteiger partial charge in [-0.15, -0.1) is 0 Å². The number of amides is 2. The van der Waals surface area contributed by atoms with Crippen molar-refractivity contribution < 1.29 is 14.0 Å². The minimum Gasteiger partial charge on any atom is -0.349 e. The lowest BCUT2D eigenvalue weighted by molar-refractivity contribution is 0.0937. The molecular formula is C18H18FN3O2. The molecule has 0 bridgehead atoms. The number of carbonyl (C=O) groups is 2. The van der Waals surface area contributed by atoms with E-state index in [0.717, 1.165) is 25.7 Å². The summed E-state index contributed by atoms with van der Waals surface area (Å²) in [7, 11) is 0. The van der Waals surface area contributed by atoms with Crippen LogP contribution < -0.4 is 10.6 Å². The number of nitrogens with zero attached hydrogens (tertiary/aromatic N) is 1. The third-order valence-corrected chi connectivity index (χ3v) is 4.05. The molecule has 2 amide bonds. The molecule has 5 nitrogen and oxygen atoms in total. The second-order valence-electron chi connectivity index (χ2n) is 5.85. The second kappa shape index (κ2) is 7.21. The number of nitrogens with one attached hydrogen (secondary N) is 2. The molecule has 1 aliphatic rings. The van der Waals surface area contributed by atoms with Crippen LogP contribution in [0.5, 0.6) is 0 Å². The number of carbonyl (C=O) groups excluding carboxylic acids is 2. The molecule has 0 unspecified atom stereocenters. The van der Waals surface area contributed by atoms with Crippen molar-refractivity contribution in [1.29, 1.82) is 0 Å². The number of pyridine rings is 1. The summed E-state index contributed by atoms with van der Waals surface area (Å²) in [5, 5.41) is 5.60. The molecule has 24 heavy (non-hydrogen) atoms. The van der Waals surface area contributed by atoms with E-state index in [0.29, 0.717) is 11.3 Å². The fraction of sp³-hybridized carbons (Fsp3) is 0.278. The van der Waals surface area contributed by atoms with Gasteiger partial charge in [0.15, 0.2) is 0 Å². The number of rotatable bonds is 4. The Morgan fingerprint density at radius 1 is 1.04 bits per heavy atom. The summed E-state index contributed by atoms with van der Waals surface area (Å²) >= 11 is 0. The standard InChI is InChI=1S/C18H18FN3O2/c19-13-5-7-15(8-6-13)22-18(24)16-11-12(9-10-20-16)17(23)21-14-3-1-2-4-14/h5-11,14H,1-4H2,(H,21,23)(H,22,24). The maximum absolute atomic E-state index is 12.9. The Morgan fingerprint density at radius 3 is 2.46 bits per heavy atom. The molecule has 1 aliphatic carbocycles. The lowest BCUT2D eigenvalue weighted by atomic mass is 10.1. The van der Waals surface area contributed by atoms with Gasteiger partial charge in [-0.1, -0.05) is 12.8 Å². The van der Waals surface area contributed by atoms with Crippen LogP contribution in [-0.2, 0) is 0 Å². The van der Waals surface area contributed by atoms with Crippen LogP contribution in [0.15, 0.2) is 42.6 Å². The van der Waals surface area contributed by atoms with E-state index in [1.165, 1.54) is 36.5 Å². The Morgan fingerprint density at radius 2 is 1.75 bits per heavy atom. The molecule has 1 fully saturated rings. The van der Waals surface area contributed by atoms with Crippen molar-refractivity contribution in [3.8, 4) is 0 Å². The Hall–Kier alpha value is -2.76. The van der Waals surface area contributed by atoms with Gasteiger partial charge in [0.25, 0.3) is 11.8 Å². The lowest BCUT2D eigenvalue weighted by Gasteiger charge is -2.12. The topological polar surface area (TPSA) is 71.1 Å². The zero-order valence-electron chi connectivity index (χ0n) is 13.1. The van der Waals surface area contributed by atoms with E-state index in [1.54, 1.807) is 6.07 Å². The predicted molar refractivity (Wildman–Crippen MR) is 88.3 cm³/mol. The minimum atomic E-state index is -0.447. The van der Waals surface area contributed by atoms with Crippen molar-refractivity contribution >= 4 is 17.5 Å². The van der Waals surface area contributed by atoms with Crippen molar-refractivity contribution in [2.75, 3.05) is 5.32 Å². The van der Waals surface area contributed by atoms with Gasteiger partial charge in [-0.05, 0) is 49.2 Å². The Labute approximate surface area is 139 Å². The molecule has 124 valence electrons. The van der Waals surface area contributed by atoms with Crippen LogP contribution in [0.4, 0.5) is 10.1 Å². The fourth-order valence-electron chi connectivity index (χ4n) is 2.76. The summed E-state index contributed by atoms with van der Waals surface area (Å²) in [6.07, 6.45) is 5.69. The van der Waals surface area contributed by atoms with E-state index in [1.807, 2.05) is 0 Å². The van der Waals surface area contributed by atoms with Crippen molar-refractivity contribution in [3.63, 3.8) is 0 Å². The van der Waals surface area contributed by atoms with Gasteiger partial charge < -0.3 is 10.6 Å². The quantitative estimate of drug-likeness (QED) is 0.906. The smallest absolute Gasteiger partial charge is 0.274 e. The van der Waals surface area contributed by atoms with Crippen LogP contribution in [0, 0.1) is 5.82 Å². The highest BCUT2D eigenvalue weighted by molar-refractivity contribution is 6.04. The van der Waals surface area contributed by atoms with E-state index in [9.17, 15) is 14.0 Å². The van der Waals surface area contributed by atoms with E-state index < -0.39 is 5.91 Å². The third-order valence-electron chi connectivity index (χ3n) is 4.05. The van der Waals surface area contributed by atoms with Crippen LogP contribution in [-0.4, -0.2) is 22.8 Å². The van der Waals surface area contributed by atoms with E-state index in [2.05, 4.69) is 15.6 Å². The molecular weight excluding hydrogens is 309 g/mol. The van der Waals surface area contributed by atoms with Gasteiger partial charge in [-0.2, -0.15) is 0 Å². The van der Waals surface area contributed by atoms with Crippen molar-refractivity contribution in [3.05, 3.63) is 59.7 Å². The molecule has 1 heterocycles. The summed E-state index contributed by atoms with van der Waals surface area (Å²) in [6, 6.07) is 8.70. The van der Waals surface area contributed by atoms with Crippen LogP contribution in [0.1, 0.15) is 46.5 Å². The average Bonchev–Trinajstić information content (AvgIpc) is 3.10. The Bertz CT molecular complexity index is 740. The molecule has 0 saturated heterocycles. The molecule has 0 radical (unpaired) electrons. The number of anilines is 1. The minimum absolute atomic E-state index is 0.137. The van der Waals surface area contributed by atoms with Gasteiger partial charge in [0.05, 0.1) is 0 Å². The number of hydrogen-bond acceptors (Lipinski definition) is 3. The highest BCUT2D eigenvalue weighted by atomic mass is 19.1. The molecule has 1 aromatic heterocycles. The molecule has 2 N–H and O–H groups in total. The van der Waals surface area contributed by atoms with Crippen LogP contribution >= 0.6 is 0 Å². The Balaban J connectivity index is 1.68. The van der Waals surface area contributed by atoms with Crippen molar-refractivity contribution in [2.24, 2.45) is 0 Å². The van der Waals surface area contributed by atoms with Crippen molar-refractivity contribution in [2.45, 2.75) is 31.7 Å². The van der Waals surface area contributed by atoms with Gasteiger partial charge in [0.2, 0.25) is 0 Å². The van der Waals surface area contributed by atoms with Crippen LogP contribution in [0.25, 0.3) is 0 Å². The summed E-state index contributed by atoms with van der Waals surface area (Å²) in [5.41, 5.74) is 1.00. The predicted octanol–water partition coefficient (Wildman–Crippen LogP) is 3.15. The largest absolute Gasteiger partial charge is 0.349 e. The molecule has 0 spiro atoms. The molecule has 2 aromatic rings. The molecule has 0 atom stereocenters. The van der Waals surface area contributed by atoms with Gasteiger partial charge in [0.1, 0.15) is 11.5 Å². The van der Waals surface area contributed by atoms with Crippen molar-refractivity contribution in [1.82, 2.24) is 10.3 Å². The average molecular weight is 327 g/mol. The number of aromatic nitrogens is 1. The van der Waals surface area contributed by atoms with Gasteiger partial charge in [-0.3, -0.25) is 14.6 Å². The van der Waals surface area contributed by atoms with Gasteiger partial charge >= 0.3 is 0 Å². The molecule has 1 aromatic carbocycles. The first-order chi connectivity index (χ1) is 11.6. The summed E-state index contributed by atoms with van der Waals surface area (Å²) < 4.78 is 12.9. The summed E-state index contributed by atoms with van der Waals surface area (Å²) in [6.45, 7) is 0. The first-order valence-electron chi connectivity index (χ1n) is 7.95. The maximum Gasteiger partial charge on any atom is 0.274 e. The van der Waals surface area contributed by atoms with E-state index >= 15 is 0 Å². The number of benzene rings is 1. The molecule has 3 rings (SSSR count). The zero-order valence-corrected chi connectivity index (χ0v) is 13.1.